The summed E-state index contributed by atoms with van der Waals surface area (Å²) < 4.78 is 6.32. The maximum atomic E-state index is 5.22. The van der Waals surface area contributed by atoms with E-state index >= 15 is 0 Å². The van der Waals surface area contributed by atoms with Gasteiger partial charge in [-0.15, -0.1) is 0 Å². The predicted molar refractivity (Wildman–Crippen MR) is 165 cm³/mol. The van der Waals surface area contributed by atoms with Crippen LogP contribution in [-0.4, -0.2) is 72.8 Å². The molecule has 0 unspecified atom stereocenters. The molecule has 1 saturated heterocycles. The topological polar surface area (TPSA) is 53.5 Å². The Kier molecular flexibility index (Phi) is 8.54. The van der Waals surface area contributed by atoms with Crippen LogP contribution in [-0.2, 0) is 17.6 Å². The molecule has 0 amide bonds. The van der Waals surface area contributed by atoms with Crippen molar-refractivity contribution in [2.75, 3.05) is 58.3 Å². The first kappa shape index (κ1) is 27.1. The summed E-state index contributed by atoms with van der Waals surface area (Å²) >= 11 is 3.64. The van der Waals surface area contributed by atoms with Gasteiger partial charge in [-0.2, -0.15) is 0 Å². The van der Waals surface area contributed by atoms with Crippen molar-refractivity contribution in [1.82, 2.24) is 19.8 Å². The van der Waals surface area contributed by atoms with Crippen LogP contribution in [0.1, 0.15) is 28.2 Å². The van der Waals surface area contributed by atoms with Gasteiger partial charge in [0.2, 0.25) is 5.95 Å². The average molecular weight is 599 g/mol. The summed E-state index contributed by atoms with van der Waals surface area (Å²) in [6, 6.07) is 26.0. The van der Waals surface area contributed by atoms with Crippen LogP contribution in [0.15, 0.2) is 83.5 Å². The number of fused-ring (bicyclic) bond motifs is 3. The van der Waals surface area contributed by atoms with Crippen LogP contribution in [0, 0.1) is 0 Å². The fourth-order valence-corrected chi connectivity index (χ4v) is 6.26. The Morgan fingerprint density at radius 2 is 1.70 bits per heavy atom. The van der Waals surface area contributed by atoms with Gasteiger partial charge in [0.25, 0.3) is 0 Å². The van der Waals surface area contributed by atoms with E-state index in [4.69, 9.17) is 14.7 Å². The largest absolute Gasteiger partial charge is 0.383 e. The number of halogens is 1. The number of hydrogen-bond acceptors (Lipinski definition) is 6. The van der Waals surface area contributed by atoms with Gasteiger partial charge in [-0.3, -0.25) is 4.90 Å². The number of piperazine rings is 1. The van der Waals surface area contributed by atoms with Gasteiger partial charge in [0.1, 0.15) is 0 Å². The summed E-state index contributed by atoms with van der Waals surface area (Å²) in [6.45, 7) is 7.46. The molecule has 4 aromatic rings. The maximum absolute atomic E-state index is 5.22. The summed E-state index contributed by atoms with van der Waals surface area (Å²) in [5.74, 6) is 0.921. The Bertz CT molecular complexity index is 1440. The second-order valence-corrected chi connectivity index (χ2v) is 11.6. The van der Waals surface area contributed by atoms with Crippen molar-refractivity contribution in [1.29, 1.82) is 0 Å². The fourth-order valence-electron chi connectivity index (χ4n) is 5.84. The van der Waals surface area contributed by atoms with E-state index in [0.717, 1.165) is 74.6 Å². The third-order valence-corrected chi connectivity index (χ3v) is 8.63. The second kappa shape index (κ2) is 12.6. The number of rotatable bonds is 9. The SMILES string of the molecule is COCCN1CCN(CCc2ccc(Nc3ncc4c(n3)-c3ccccc3[C@H](c3cccc(Br)c3)C4)cc2)CC1. The number of nitrogens with one attached hydrogen (secondary N) is 1. The van der Waals surface area contributed by atoms with Crippen LogP contribution >= 0.6 is 15.9 Å². The van der Waals surface area contributed by atoms with E-state index in [1.165, 1.54) is 27.8 Å². The minimum Gasteiger partial charge on any atom is -0.383 e. The number of aromatic nitrogens is 2. The highest BCUT2D eigenvalue weighted by molar-refractivity contribution is 9.10. The Morgan fingerprint density at radius 1 is 0.925 bits per heavy atom. The molecule has 7 heteroatoms. The van der Waals surface area contributed by atoms with Crippen LogP contribution in [0.4, 0.5) is 11.6 Å². The number of benzene rings is 3. The summed E-state index contributed by atoms with van der Waals surface area (Å²) in [7, 11) is 1.77. The lowest BCUT2D eigenvalue weighted by Gasteiger charge is -2.34. The van der Waals surface area contributed by atoms with Crippen LogP contribution in [0.5, 0.6) is 0 Å². The molecule has 6 nitrogen and oxygen atoms in total. The molecule has 0 spiro atoms. The van der Waals surface area contributed by atoms with Crippen molar-refractivity contribution < 1.29 is 4.74 Å². The van der Waals surface area contributed by atoms with Crippen molar-refractivity contribution in [3.63, 3.8) is 0 Å². The van der Waals surface area contributed by atoms with E-state index in [1.807, 2.05) is 6.20 Å². The zero-order chi connectivity index (χ0) is 27.3. The first-order valence-corrected chi connectivity index (χ1v) is 15.0. The molecule has 2 aliphatic rings. The lowest BCUT2D eigenvalue weighted by molar-refractivity contribution is 0.0976. The Hall–Kier alpha value is -3.10. The Balaban J connectivity index is 1.10. The van der Waals surface area contributed by atoms with Gasteiger partial charge in [0, 0.05) is 74.2 Å². The van der Waals surface area contributed by atoms with Gasteiger partial charge < -0.3 is 15.0 Å². The van der Waals surface area contributed by atoms with Crippen LogP contribution in [0.25, 0.3) is 11.3 Å². The first-order chi connectivity index (χ1) is 19.7. The van der Waals surface area contributed by atoms with Crippen LogP contribution in [0.3, 0.4) is 0 Å². The highest BCUT2D eigenvalue weighted by atomic mass is 79.9. The van der Waals surface area contributed by atoms with Crippen molar-refractivity contribution in [2.24, 2.45) is 0 Å². The van der Waals surface area contributed by atoms with Crippen molar-refractivity contribution >= 4 is 27.6 Å². The Morgan fingerprint density at radius 3 is 2.48 bits per heavy atom. The molecule has 1 atom stereocenters. The number of hydrogen-bond donors (Lipinski definition) is 1. The van der Waals surface area contributed by atoms with Crippen molar-refractivity contribution in [3.8, 4) is 11.3 Å². The molecule has 6 rings (SSSR count). The predicted octanol–water partition coefficient (Wildman–Crippen LogP) is 6.14. The molecule has 1 aromatic heterocycles. The van der Waals surface area contributed by atoms with Gasteiger partial charge in [0.15, 0.2) is 0 Å². The molecule has 2 heterocycles. The van der Waals surface area contributed by atoms with Gasteiger partial charge in [-0.05, 0) is 59.4 Å². The van der Waals surface area contributed by atoms with Crippen molar-refractivity contribution in [2.45, 2.75) is 18.8 Å². The molecule has 1 fully saturated rings. The zero-order valence-electron chi connectivity index (χ0n) is 23.0. The van der Waals surface area contributed by atoms with Crippen LogP contribution in [0.2, 0.25) is 0 Å². The molecular weight excluding hydrogens is 562 g/mol. The first-order valence-electron chi connectivity index (χ1n) is 14.2. The zero-order valence-corrected chi connectivity index (χ0v) is 24.6. The van der Waals surface area contributed by atoms with Gasteiger partial charge in [0.05, 0.1) is 12.3 Å². The lowest BCUT2D eigenvalue weighted by Crippen LogP contribution is -2.47. The maximum Gasteiger partial charge on any atom is 0.227 e. The smallest absolute Gasteiger partial charge is 0.227 e. The summed E-state index contributed by atoms with van der Waals surface area (Å²) in [4.78, 5) is 14.7. The minimum atomic E-state index is 0.288. The third kappa shape index (κ3) is 6.28. The molecule has 0 saturated carbocycles. The van der Waals surface area contributed by atoms with Gasteiger partial charge in [-0.1, -0.05) is 64.5 Å². The van der Waals surface area contributed by atoms with Crippen molar-refractivity contribution in [3.05, 3.63) is 106 Å². The highest BCUT2D eigenvalue weighted by Gasteiger charge is 2.27. The molecule has 40 heavy (non-hydrogen) atoms. The standard InChI is InChI=1S/C33H36BrN5O/c1-40-20-19-39-17-15-38(16-18-39)14-13-24-9-11-28(12-10-24)36-33-35-23-26-22-31(25-5-4-6-27(34)21-25)29-7-2-3-8-30(29)32(26)37-33/h2-12,21,23,31H,13-20,22H2,1H3,(H,35,36,37)/t31-/m0/s1. The molecule has 0 bridgehead atoms. The molecule has 1 aliphatic carbocycles. The minimum absolute atomic E-state index is 0.288. The number of ether oxygens (including phenoxy) is 1. The van der Waals surface area contributed by atoms with E-state index in [0.29, 0.717) is 5.95 Å². The van der Waals surface area contributed by atoms with E-state index in [2.05, 4.69) is 104 Å². The number of nitrogens with zero attached hydrogens (tertiary/aromatic N) is 4. The van der Waals surface area contributed by atoms with E-state index in [1.54, 1.807) is 7.11 Å². The molecule has 206 valence electrons. The molecule has 1 N–H and O–H groups in total. The monoisotopic (exact) mass is 597 g/mol. The van der Waals surface area contributed by atoms with Gasteiger partial charge in [-0.25, -0.2) is 9.97 Å². The number of methoxy groups -OCH3 is 1. The quantitative estimate of drug-likeness (QED) is 0.250. The second-order valence-electron chi connectivity index (χ2n) is 10.7. The molecular formula is C33H36BrN5O. The van der Waals surface area contributed by atoms with Crippen LogP contribution < -0.4 is 5.32 Å². The summed E-state index contributed by atoms with van der Waals surface area (Å²) in [5.41, 5.74) is 8.38. The van der Waals surface area contributed by atoms with E-state index in [9.17, 15) is 0 Å². The Labute approximate surface area is 245 Å². The van der Waals surface area contributed by atoms with Gasteiger partial charge >= 0.3 is 0 Å². The highest BCUT2D eigenvalue weighted by Crippen LogP contribution is 2.42. The average Bonchev–Trinajstić information content (AvgIpc) is 3.00. The normalized spacial score (nSPS) is 17.3. The fraction of sp³-hybridized carbons (Fsp3) is 0.333. The third-order valence-electron chi connectivity index (χ3n) is 8.13. The summed E-state index contributed by atoms with van der Waals surface area (Å²) in [5, 5.41) is 3.43. The number of anilines is 2. The lowest BCUT2D eigenvalue weighted by atomic mass is 9.78. The molecule has 1 aliphatic heterocycles. The van der Waals surface area contributed by atoms with E-state index in [-0.39, 0.29) is 5.92 Å². The summed E-state index contributed by atoms with van der Waals surface area (Å²) in [6.07, 6.45) is 3.94. The van der Waals surface area contributed by atoms with E-state index < -0.39 is 0 Å². The molecule has 3 aromatic carbocycles. The molecule has 0 radical (unpaired) electrons.